The number of anilines is 2. The number of fused-ring (bicyclic) bond motifs is 4. The maximum atomic E-state index is 11.7. The van der Waals surface area contributed by atoms with Crippen molar-refractivity contribution in [2.24, 2.45) is 5.92 Å². The van der Waals surface area contributed by atoms with Crippen LogP contribution in [0.25, 0.3) is 17.0 Å². The van der Waals surface area contributed by atoms with Crippen molar-refractivity contribution in [3.05, 3.63) is 47.8 Å². The summed E-state index contributed by atoms with van der Waals surface area (Å²) in [7, 11) is 1.61. The second-order valence-electron chi connectivity index (χ2n) is 10.6. The van der Waals surface area contributed by atoms with Gasteiger partial charge in [-0.2, -0.15) is 0 Å². The predicted octanol–water partition coefficient (Wildman–Crippen LogP) is 4.33. The van der Waals surface area contributed by atoms with Gasteiger partial charge in [0.25, 0.3) is 0 Å². The number of hydrogen-bond acceptors (Lipinski definition) is 9. The number of nitrogens with one attached hydrogen (secondary N) is 2. The van der Waals surface area contributed by atoms with Crippen molar-refractivity contribution in [1.29, 1.82) is 0 Å². The van der Waals surface area contributed by atoms with Crippen LogP contribution >= 0.6 is 11.8 Å². The van der Waals surface area contributed by atoms with Crippen LogP contribution in [0.3, 0.4) is 0 Å². The van der Waals surface area contributed by atoms with E-state index in [-0.39, 0.29) is 5.91 Å². The molecule has 0 radical (unpaired) electrons. The minimum Gasteiger partial charge on any atom is -0.497 e. The normalized spacial score (nSPS) is 20.3. The van der Waals surface area contributed by atoms with Crippen LogP contribution in [0.15, 0.2) is 41.4 Å². The Morgan fingerprint density at radius 2 is 2.15 bits per heavy atom. The maximum absolute atomic E-state index is 11.7. The van der Waals surface area contributed by atoms with E-state index in [1.54, 1.807) is 25.4 Å². The van der Waals surface area contributed by atoms with Gasteiger partial charge in [0.15, 0.2) is 5.75 Å². The fourth-order valence-electron chi connectivity index (χ4n) is 5.88. The van der Waals surface area contributed by atoms with Crippen molar-refractivity contribution in [3.63, 3.8) is 0 Å². The summed E-state index contributed by atoms with van der Waals surface area (Å²) in [5.74, 6) is 2.04. The fourth-order valence-corrected chi connectivity index (χ4v) is 6.64. The van der Waals surface area contributed by atoms with Crippen LogP contribution < -0.4 is 25.0 Å². The van der Waals surface area contributed by atoms with Gasteiger partial charge < -0.3 is 30.1 Å². The Hall–Kier alpha value is -3.83. The molecule has 214 valence electrons. The number of methoxy groups -OCH3 is 1. The smallest absolute Gasteiger partial charge is 0.328 e. The molecule has 41 heavy (non-hydrogen) atoms. The number of aromatic nitrogens is 2. The highest BCUT2D eigenvalue weighted by molar-refractivity contribution is 8.00. The van der Waals surface area contributed by atoms with Gasteiger partial charge in [0, 0.05) is 36.2 Å². The topological polar surface area (TPSA) is 126 Å². The van der Waals surface area contributed by atoms with Gasteiger partial charge in [-0.3, -0.25) is 9.78 Å². The molecule has 11 heteroatoms. The summed E-state index contributed by atoms with van der Waals surface area (Å²) in [5.41, 5.74) is 3.34. The highest BCUT2D eigenvalue weighted by atomic mass is 32.2. The number of nitrogens with zero attached hydrogens (tertiary/aromatic N) is 3. The lowest BCUT2D eigenvalue weighted by molar-refractivity contribution is -0.131. The van der Waals surface area contributed by atoms with Gasteiger partial charge in [0.1, 0.15) is 18.2 Å². The zero-order valence-corrected chi connectivity index (χ0v) is 23.7. The number of benzene rings is 1. The maximum Gasteiger partial charge on any atom is 0.328 e. The summed E-state index contributed by atoms with van der Waals surface area (Å²) in [5, 5.41) is 16.6. The first-order valence-electron chi connectivity index (χ1n) is 13.9. The molecule has 2 aromatic heterocycles. The second-order valence-corrected chi connectivity index (χ2v) is 11.7. The summed E-state index contributed by atoms with van der Waals surface area (Å²) in [4.78, 5) is 35.6. The van der Waals surface area contributed by atoms with Gasteiger partial charge in [-0.05, 0) is 61.9 Å². The van der Waals surface area contributed by atoms with Gasteiger partial charge >= 0.3 is 5.97 Å². The van der Waals surface area contributed by atoms with Gasteiger partial charge in [0.2, 0.25) is 5.91 Å². The predicted molar refractivity (Wildman–Crippen MR) is 159 cm³/mol. The van der Waals surface area contributed by atoms with Crippen molar-refractivity contribution < 1.29 is 24.2 Å². The summed E-state index contributed by atoms with van der Waals surface area (Å²) in [6, 6.07) is 8.27. The quantitative estimate of drug-likeness (QED) is 0.334. The molecule has 3 aliphatic rings. The van der Waals surface area contributed by atoms with Crippen molar-refractivity contribution in [1.82, 2.24) is 15.3 Å². The number of carboxylic acids is 1. The van der Waals surface area contributed by atoms with Crippen LogP contribution in [0.1, 0.15) is 36.9 Å². The first kappa shape index (κ1) is 27.3. The molecule has 0 saturated heterocycles. The lowest BCUT2D eigenvalue weighted by atomic mass is 9.85. The number of carboxylic acid groups (broad SMARTS) is 1. The number of ether oxygens (including phenoxy) is 2. The third-order valence-electron chi connectivity index (χ3n) is 7.92. The summed E-state index contributed by atoms with van der Waals surface area (Å²) < 4.78 is 11.5. The molecule has 6 rings (SSSR count). The first-order valence-corrected chi connectivity index (χ1v) is 14.9. The van der Waals surface area contributed by atoms with E-state index in [0.29, 0.717) is 48.0 Å². The zero-order chi connectivity index (χ0) is 28.3. The SMILES string of the molecule is COc1cc(/C=C/C(=O)O)c2ncc3c(c2c1)N(CC1CCC(NCc2ccc4c(n2)NC(=O)CS4)CC1)CCO3. The molecule has 0 atom stereocenters. The minimum absolute atomic E-state index is 0.000171. The van der Waals surface area contributed by atoms with E-state index in [4.69, 9.17) is 14.6 Å². The molecular weight excluding hydrogens is 542 g/mol. The Labute approximate surface area is 242 Å². The lowest BCUT2D eigenvalue weighted by Gasteiger charge is -2.37. The summed E-state index contributed by atoms with van der Waals surface area (Å²) >= 11 is 1.53. The van der Waals surface area contributed by atoms with Gasteiger partial charge in [-0.1, -0.05) is 0 Å². The monoisotopic (exact) mass is 575 g/mol. The Balaban J connectivity index is 1.12. The Morgan fingerprint density at radius 3 is 2.95 bits per heavy atom. The molecule has 0 bridgehead atoms. The number of rotatable bonds is 8. The second kappa shape index (κ2) is 12.0. The standard InChI is InChI=1S/C30H33N5O5S/c1-39-22-12-19(4-9-27(37)38)28-23(13-22)29-24(15-32-28)40-11-10-35(29)16-18-2-5-20(6-3-18)31-14-21-7-8-25-30(33-21)34-26(36)17-41-25/h4,7-9,12-13,15,18,20,31H,2-3,5-6,10-11,14,16-17H2,1H3,(H,37,38)(H,33,34,36)/b9-4+. The van der Waals surface area contributed by atoms with E-state index in [1.165, 1.54) is 11.8 Å². The third-order valence-corrected chi connectivity index (χ3v) is 8.97. The molecule has 1 fully saturated rings. The van der Waals surface area contributed by atoms with Crippen LogP contribution in [0.4, 0.5) is 11.5 Å². The van der Waals surface area contributed by atoms with E-state index in [9.17, 15) is 9.59 Å². The molecule has 0 spiro atoms. The largest absolute Gasteiger partial charge is 0.497 e. The highest BCUT2D eigenvalue weighted by Gasteiger charge is 2.28. The number of carbonyl (C=O) groups excluding carboxylic acids is 1. The molecule has 3 N–H and O–H groups in total. The van der Waals surface area contributed by atoms with Gasteiger partial charge in [-0.15, -0.1) is 11.8 Å². The fraction of sp³-hybridized carbons (Fsp3) is 0.400. The number of aliphatic carboxylic acids is 1. The molecule has 1 amide bonds. The Morgan fingerprint density at radius 1 is 1.29 bits per heavy atom. The number of amides is 1. The van der Waals surface area contributed by atoms with Crippen LogP contribution in [-0.4, -0.2) is 65.6 Å². The molecular formula is C30H33N5O5S. The lowest BCUT2D eigenvalue weighted by Crippen LogP contribution is -2.40. The first-order chi connectivity index (χ1) is 20.0. The minimum atomic E-state index is -1.01. The van der Waals surface area contributed by atoms with Gasteiger partial charge in [-0.25, -0.2) is 9.78 Å². The molecule has 1 aliphatic carbocycles. The van der Waals surface area contributed by atoms with Crippen LogP contribution in [0, 0.1) is 5.92 Å². The summed E-state index contributed by atoms with van der Waals surface area (Å²) in [6.45, 7) is 2.98. The zero-order valence-electron chi connectivity index (χ0n) is 22.9. The molecule has 10 nitrogen and oxygen atoms in total. The Kier molecular flexibility index (Phi) is 7.97. The molecule has 2 aliphatic heterocycles. The van der Waals surface area contributed by atoms with Crippen LogP contribution in [0.5, 0.6) is 11.5 Å². The van der Waals surface area contributed by atoms with E-state index in [2.05, 4.69) is 25.5 Å². The van der Waals surface area contributed by atoms with Crippen molar-refractivity contribution in [2.45, 2.75) is 43.2 Å². The number of thioether (sulfide) groups is 1. The molecule has 1 saturated carbocycles. The van der Waals surface area contributed by atoms with Crippen molar-refractivity contribution in [3.8, 4) is 11.5 Å². The van der Waals surface area contributed by atoms with Crippen LogP contribution in [0.2, 0.25) is 0 Å². The van der Waals surface area contributed by atoms with Crippen LogP contribution in [-0.2, 0) is 16.1 Å². The van der Waals surface area contributed by atoms with E-state index in [1.807, 2.05) is 18.2 Å². The van der Waals surface area contributed by atoms with Crippen molar-refractivity contribution in [2.75, 3.05) is 42.8 Å². The van der Waals surface area contributed by atoms with E-state index in [0.717, 1.165) is 77.8 Å². The molecule has 3 aromatic rings. The third kappa shape index (κ3) is 6.11. The molecule has 4 heterocycles. The van der Waals surface area contributed by atoms with Crippen molar-refractivity contribution >= 4 is 52.1 Å². The van der Waals surface area contributed by atoms with E-state index >= 15 is 0 Å². The van der Waals surface area contributed by atoms with Gasteiger partial charge in [0.05, 0.1) is 47.4 Å². The molecule has 0 unspecified atom stereocenters. The van der Waals surface area contributed by atoms with E-state index < -0.39 is 5.97 Å². The highest BCUT2D eigenvalue weighted by Crippen LogP contribution is 2.41. The Bertz CT molecular complexity index is 1500. The average molecular weight is 576 g/mol. The number of hydrogen-bond donors (Lipinski definition) is 3. The average Bonchev–Trinajstić information content (AvgIpc) is 2.99. The molecule has 1 aromatic carbocycles. The number of pyridine rings is 2. The number of carbonyl (C=O) groups is 2. The summed E-state index contributed by atoms with van der Waals surface area (Å²) in [6.07, 6.45) is 8.84.